The Morgan fingerprint density at radius 2 is 2.07 bits per heavy atom. The molecule has 0 aromatic heterocycles. The largest absolute Gasteiger partial charge is 0.550 e. The van der Waals surface area contributed by atoms with Crippen LogP contribution in [0.25, 0.3) is 0 Å². The third-order valence-electron chi connectivity index (χ3n) is 2.70. The summed E-state index contributed by atoms with van der Waals surface area (Å²) in [6.45, 7) is 4.10. The first-order chi connectivity index (χ1) is 7.00. The van der Waals surface area contributed by atoms with Gasteiger partial charge in [-0.15, -0.1) is 0 Å². The summed E-state index contributed by atoms with van der Waals surface area (Å²) in [5.74, 6) is -1.01. The van der Waals surface area contributed by atoms with Crippen LogP contribution in [0, 0.1) is 13.8 Å². The molecule has 0 saturated heterocycles. The highest BCUT2D eigenvalue weighted by molar-refractivity contribution is 5.64. The predicted molar refractivity (Wildman–Crippen MR) is 55.8 cm³/mol. The van der Waals surface area contributed by atoms with Gasteiger partial charge in [-0.3, -0.25) is 0 Å². The maximum absolute atomic E-state index is 10.3. The summed E-state index contributed by atoms with van der Waals surface area (Å²) in [5, 5.41) is 10.3. The van der Waals surface area contributed by atoms with Gasteiger partial charge in [-0.2, -0.15) is 0 Å². The van der Waals surface area contributed by atoms with Crippen LogP contribution in [-0.4, -0.2) is 5.97 Å². The number of carboxylic acid groups (broad SMARTS) is 1. The minimum absolute atomic E-state index is 0.0298. The van der Waals surface area contributed by atoms with Crippen LogP contribution < -0.4 is 10.8 Å². The van der Waals surface area contributed by atoms with Gasteiger partial charge in [0.05, 0.1) is 0 Å². The fraction of sp³-hybridized carbons (Fsp3) is 0.417. The molecule has 1 rings (SSSR count). The highest BCUT2D eigenvalue weighted by Gasteiger charge is 2.09. The van der Waals surface area contributed by atoms with Gasteiger partial charge in [0, 0.05) is 18.0 Å². The van der Waals surface area contributed by atoms with E-state index < -0.39 is 5.97 Å². The maximum Gasteiger partial charge on any atom is 0.110 e. The third-order valence-corrected chi connectivity index (χ3v) is 2.70. The third kappa shape index (κ3) is 3.36. The molecular weight excluding hydrogens is 190 g/mol. The van der Waals surface area contributed by atoms with E-state index in [-0.39, 0.29) is 12.5 Å². The average molecular weight is 207 g/mol. The lowest BCUT2D eigenvalue weighted by Crippen LogP contribution is -2.53. The van der Waals surface area contributed by atoms with E-state index in [1.54, 1.807) is 0 Å². The molecule has 0 amide bonds. The molecule has 0 saturated carbocycles. The van der Waals surface area contributed by atoms with E-state index in [2.05, 4.69) is 18.7 Å². The van der Waals surface area contributed by atoms with Gasteiger partial charge in [0.2, 0.25) is 0 Å². The number of hydrogen-bond donors (Lipinski definition) is 1. The summed E-state index contributed by atoms with van der Waals surface area (Å²) in [6, 6.07) is 6.15. The van der Waals surface area contributed by atoms with Crippen molar-refractivity contribution in [1.29, 1.82) is 0 Å². The highest BCUT2D eigenvalue weighted by Crippen LogP contribution is 2.17. The lowest BCUT2D eigenvalue weighted by atomic mass is 9.99. The fourth-order valence-corrected chi connectivity index (χ4v) is 1.48. The van der Waals surface area contributed by atoms with Crippen molar-refractivity contribution in [2.45, 2.75) is 32.7 Å². The summed E-state index contributed by atoms with van der Waals surface area (Å²) in [6.07, 6.45) is 0.603. The van der Waals surface area contributed by atoms with Crippen LogP contribution in [0.5, 0.6) is 0 Å². The zero-order chi connectivity index (χ0) is 11.4. The second-order valence-electron chi connectivity index (χ2n) is 3.95. The van der Waals surface area contributed by atoms with Crippen molar-refractivity contribution >= 4 is 5.97 Å². The number of aliphatic carboxylic acids is 1. The Balaban J connectivity index is 2.69. The van der Waals surface area contributed by atoms with E-state index in [0.29, 0.717) is 6.42 Å². The molecule has 0 radical (unpaired) electrons. The molecule has 3 nitrogen and oxygen atoms in total. The van der Waals surface area contributed by atoms with Crippen LogP contribution in [-0.2, 0) is 4.79 Å². The number of aryl methyl sites for hydroxylation is 2. The number of rotatable bonds is 4. The van der Waals surface area contributed by atoms with Crippen molar-refractivity contribution in [3.63, 3.8) is 0 Å². The molecule has 0 aliphatic rings. The summed E-state index contributed by atoms with van der Waals surface area (Å²) in [7, 11) is 0. The number of benzene rings is 1. The van der Waals surface area contributed by atoms with E-state index >= 15 is 0 Å². The van der Waals surface area contributed by atoms with Crippen LogP contribution in [0.4, 0.5) is 0 Å². The first-order valence-corrected chi connectivity index (χ1v) is 5.11. The molecule has 3 heteroatoms. The molecule has 0 unspecified atom stereocenters. The summed E-state index contributed by atoms with van der Waals surface area (Å²) in [4.78, 5) is 10.3. The average Bonchev–Trinajstić information content (AvgIpc) is 2.18. The minimum Gasteiger partial charge on any atom is -0.550 e. The first-order valence-electron chi connectivity index (χ1n) is 5.11. The van der Waals surface area contributed by atoms with E-state index in [0.717, 1.165) is 5.56 Å². The number of carboxylic acids is 1. The smallest absolute Gasteiger partial charge is 0.110 e. The Bertz CT molecular complexity index is 361. The van der Waals surface area contributed by atoms with E-state index in [1.807, 2.05) is 19.1 Å². The predicted octanol–water partition coefficient (Wildman–Crippen LogP) is 0.117. The number of quaternary nitrogens is 1. The van der Waals surface area contributed by atoms with Gasteiger partial charge in [-0.1, -0.05) is 12.1 Å². The molecule has 1 aromatic rings. The van der Waals surface area contributed by atoms with Crippen molar-refractivity contribution in [3.05, 3.63) is 34.9 Å². The van der Waals surface area contributed by atoms with Gasteiger partial charge >= 0.3 is 0 Å². The lowest BCUT2D eigenvalue weighted by Gasteiger charge is -2.11. The van der Waals surface area contributed by atoms with Gasteiger partial charge in [0.1, 0.15) is 6.04 Å². The second kappa shape index (κ2) is 4.94. The fourth-order valence-electron chi connectivity index (χ4n) is 1.48. The maximum atomic E-state index is 10.3. The molecule has 0 aliphatic heterocycles. The van der Waals surface area contributed by atoms with Crippen molar-refractivity contribution in [1.82, 2.24) is 0 Å². The molecular formula is C12H17NO2. The second-order valence-corrected chi connectivity index (χ2v) is 3.95. The Labute approximate surface area is 89.9 Å². The normalized spacial score (nSPS) is 12.5. The zero-order valence-electron chi connectivity index (χ0n) is 9.25. The topological polar surface area (TPSA) is 67.8 Å². The lowest BCUT2D eigenvalue weighted by molar-refractivity contribution is -0.428. The van der Waals surface area contributed by atoms with Crippen LogP contribution in [0.3, 0.4) is 0 Å². The molecule has 0 spiro atoms. The standard InChI is InChI=1S/C12H17NO2/c1-8-3-4-10(7-9(8)2)11(13)5-6-12(14)15/h3-4,7,11H,5-6,13H2,1-2H3,(H,14,15)/t11-/m1/s1. The molecule has 1 atom stereocenters. The van der Waals surface area contributed by atoms with Crippen LogP contribution >= 0.6 is 0 Å². The molecule has 0 fully saturated rings. The van der Waals surface area contributed by atoms with E-state index in [9.17, 15) is 9.90 Å². The molecule has 0 bridgehead atoms. The summed E-state index contributed by atoms with van der Waals surface area (Å²) in [5.41, 5.74) is 7.52. The molecule has 0 aliphatic carbocycles. The zero-order valence-corrected chi connectivity index (χ0v) is 9.25. The first kappa shape index (κ1) is 11.7. The van der Waals surface area contributed by atoms with Gasteiger partial charge in [0.15, 0.2) is 0 Å². The van der Waals surface area contributed by atoms with Crippen molar-refractivity contribution in [2.75, 3.05) is 0 Å². The Morgan fingerprint density at radius 1 is 1.40 bits per heavy atom. The molecule has 1 aromatic carbocycles. The molecule has 82 valence electrons. The highest BCUT2D eigenvalue weighted by atomic mass is 16.4. The Morgan fingerprint density at radius 3 is 2.60 bits per heavy atom. The van der Waals surface area contributed by atoms with Gasteiger partial charge in [-0.05, 0) is 37.5 Å². The van der Waals surface area contributed by atoms with E-state index in [4.69, 9.17) is 0 Å². The van der Waals surface area contributed by atoms with Gasteiger partial charge in [0.25, 0.3) is 0 Å². The van der Waals surface area contributed by atoms with Gasteiger partial charge < -0.3 is 15.6 Å². The Hall–Kier alpha value is -1.35. The summed E-state index contributed by atoms with van der Waals surface area (Å²) >= 11 is 0. The van der Waals surface area contributed by atoms with Crippen molar-refractivity contribution in [3.8, 4) is 0 Å². The SMILES string of the molecule is Cc1ccc([C@H]([NH3+])CCC(=O)[O-])cc1C. The molecule has 0 heterocycles. The van der Waals surface area contributed by atoms with E-state index in [1.165, 1.54) is 11.1 Å². The molecule has 3 N–H and O–H groups in total. The van der Waals surface area contributed by atoms with Crippen LogP contribution in [0.1, 0.15) is 35.6 Å². The number of carbonyl (C=O) groups is 1. The quantitative estimate of drug-likeness (QED) is 0.761. The minimum atomic E-state index is -1.01. The number of carbonyl (C=O) groups excluding carboxylic acids is 1. The van der Waals surface area contributed by atoms with Crippen molar-refractivity contribution < 1.29 is 15.6 Å². The van der Waals surface area contributed by atoms with Gasteiger partial charge in [-0.25, -0.2) is 0 Å². The monoisotopic (exact) mass is 207 g/mol. The number of hydrogen-bond acceptors (Lipinski definition) is 2. The molecule has 15 heavy (non-hydrogen) atoms. The van der Waals surface area contributed by atoms with Crippen LogP contribution in [0.15, 0.2) is 18.2 Å². The van der Waals surface area contributed by atoms with Crippen molar-refractivity contribution in [2.24, 2.45) is 0 Å². The van der Waals surface area contributed by atoms with Crippen LogP contribution in [0.2, 0.25) is 0 Å². The Kier molecular flexibility index (Phi) is 3.86. The summed E-state index contributed by atoms with van der Waals surface area (Å²) < 4.78 is 0.